The van der Waals surface area contributed by atoms with Crippen molar-refractivity contribution < 1.29 is 23.2 Å². The molecule has 0 aromatic heterocycles. The van der Waals surface area contributed by atoms with E-state index in [1.165, 1.54) is 44.6 Å². The molecule has 3 heteroatoms. The molecule has 2 aromatic carbocycles. The second kappa shape index (κ2) is 11.3. The number of hydrogen-bond acceptors (Lipinski definition) is 0. The molecule has 0 radical (unpaired) electrons. The molecule has 4 rings (SSSR count). The number of hydrogen-bond donors (Lipinski definition) is 0. The third-order valence-electron chi connectivity index (χ3n) is 5.61. The van der Waals surface area contributed by atoms with Gasteiger partial charge in [0.25, 0.3) is 0 Å². The van der Waals surface area contributed by atoms with Gasteiger partial charge in [0.15, 0.2) is 0 Å². The van der Waals surface area contributed by atoms with Gasteiger partial charge in [0.05, 0.1) is 0 Å². The Balaban J connectivity index is 0.00000171. The number of halogens is 2. The van der Waals surface area contributed by atoms with Gasteiger partial charge in [-0.05, 0) is 0 Å². The number of benzene rings is 2. The van der Waals surface area contributed by atoms with Gasteiger partial charge in [0.2, 0.25) is 0 Å². The SMILES string of the molecule is CC=C1C=C(C)C(c2ccccc2)=[C]1[Zr][C]1=C(c2ccccc2)C(C)=CC1=CC.Cl.Cl. The summed E-state index contributed by atoms with van der Waals surface area (Å²) in [6, 6.07) is 21.8. The van der Waals surface area contributed by atoms with Gasteiger partial charge in [0, 0.05) is 0 Å². The van der Waals surface area contributed by atoms with Crippen molar-refractivity contribution >= 4 is 36.0 Å². The summed E-state index contributed by atoms with van der Waals surface area (Å²) < 4.78 is 3.20. The van der Waals surface area contributed by atoms with Crippen molar-refractivity contribution in [3.8, 4) is 0 Å². The van der Waals surface area contributed by atoms with Gasteiger partial charge in [-0.2, -0.15) is 0 Å². The van der Waals surface area contributed by atoms with Crippen molar-refractivity contribution in [2.75, 3.05) is 0 Å². The van der Waals surface area contributed by atoms with Crippen LogP contribution in [0, 0.1) is 0 Å². The van der Waals surface area contributed by atoms with Crippen LogP contribution in [0.1, 0.15) is 38.8 Å². The minimum absolute atomic E-state index is 0. The molecule has 2 aliphatic carbocycles. The molecule has 0 aliphatic heterocycles. The maximum absolute atomic E-state index is 2.38. The molecule has 0 N–H and O–H groups in total. The molecule has 0 saturated heterocycles. The summed E-state index contributed by atoms with van der Waals surface area (Å²) in [7, 11) is 0. The number of rotatable bonds is 4. The second-order valence-corrected chi connectivity index (χ2v) is 10.6. The molecule has 2 aromatic rings. The van der Waals surface area contributed by atoms with E-state index in [1.54, 1.807) is 6.56 Å². The Kier molecular flexibility index (Phi) is 9.32. The molecule has 0 heterocycles. The summed E-state index contributed by atoms with van der Waals surface area (Å²) in [6.45, 7) is 8.88. The molecule has 0 amide bonds. The molecule has 0 saturated carbocycles. The first-order valence-electron chi connectivity index (χ1n) is 10.2. The fourth-order valence-electron chi connectivity index (χ4n) is 4.24. The van der Waals surface area contributed by atoms with E-state index >= 15 is 0 Å². The van der Waals surface area contributed by atoms with E-state index in [1.807, 2.05) is 0 Å². The molecule has 0 spiro atoms. The summed E-state index contributed by atoms with van der Waals surface area (Å²) in [4.78, 5) is 0. The van der Waals surface area contributed by atoms with Crippen molar-refractivity contribution in [2.45, 2.75) is 27.7 Å². The van der Waals surface area contributed by atoms with Crippen LogP contribution in [0.25, 0.3) is 11.1 Å². The first-order chi connectivity index (χ1) is 14.1. The van der Waals surface area contributed by atoms with E-state index in [-0.39, 0.29) is 24.8 Å². The third-order valence-corrected chi connectivity index (χ3v) is 9.48. The van der Waals surface area contributed by atoms with E-state index in [4.69, 9.17) is 0 Å². The van der Waals surface area contributed by atoms with Gasteiger partial charge in [-0.1, -0.05) is 0 Å². The van der Waals surface area contributed by atoms with E-state index in [9.17, 15) is 0 Å². The maximum Gasteiger partial charge on any atom is -0.147 e. The molecule has 0 bridgehead atoms. The molecule has 0 nitrogen and oxygen atoms in total. The van der Waals surface area contributed by atoms with Gasteiger partial charge in [-0.15, -0.1) is 24.8 Å². The Morgan fingerprint density at radius 1 is 0.581 bits per heavy atom. The van der Waals surface area contributed by atoms with Crippen LogP contribution in [0.2, 0.25) is 0 Å². The first-order valence-corrected chi connectivity index (χ1v) is 12.7. The quantitative estimate of drug-likeness (QED) is 0.374. The van der Waals surface area contributed by atoms with Gasteiger partial charge in [0.1, 0.15) is 0 Å². The molecular formula is C28H28Cl2Zr. The van der Waals surface area contributed by atoms with Gasteiger partial charge < -0.3 is 0 Å². The maximum atomic E-state index is 2.38. The van der Waals surface area contributed by atoms with E-state index in [0.29, 0.717) is 0 Å². The van der Waals surface area contributed by atoms with Crippen LogP contribution in [-0.4, -0.2) is 0 Å². The van der Waals surface area contributed by atoms with E-state index < -0.39 is 23.2 Å². The van der Waals surface area contributed by atoms with Gasteiger partial charge in [-0.3, -0.25) is 0 Å². The summed E-state index contributed by atoms with van der Waals surface area (Å²) in [5, 5.41) is 0. The molecule has 0 atom stereocenters. The smallest absolute Gasteiger partial charge is 0.147 e. The van der Waals surface area contributed by atoms with Crippen LogP contribution >= 0.6 is 24.8 Å². The largest absolute Gasteiger partial charge is 0.147 e. The monoisotopic (exact) mass is 524 g/mol. The van der Waals surface area contributed by atoms with Crippen LogP contribution in [0.15, 0.2) is 114 Å². The zero-order valence-corrected chi connectivity index (χ0v) is 22.5. The van der Waals surface area contributed by atoms with Crippen LogP contribution in [0.5, 0.6) is 0 Å². The summed E-state index contributed by atoms with van der Waals surface area (Å²) in [5.41, 5.74) is 11.3. The molecule has 0 unspecified atom stereocenters. The minimum atomic E-state index is -1.04. The Morgan fingerprint density at radius 3 is 1.26 bits per heavy atom. The van der Waals surface area contributed by atoms with Crippen molar-refractivity contribution in [1.82, 2.24) is 0 Å². The summed E-state index contributed by atoms with van der Waals surface area (Å²) >= 11 is -1.04. The fraction of sp³-hybridized carbons (Fsp3) is 0.143. The molecule has 2 aliphatic rings. The Morgan fingerprint density at radius 2 is 0.935 bits per heavy atom. The van der Waals surface area contributed by atoms with E-state index in [0.717, 1.165) is 0 Å². The average Bonchev–Trinajstić information content (AvgIpc) is 3.25. The normalized spacial score (nSPS) is 18.1. The molecule has 158 valence electrons. The Labute approximate surface area is 210 Å². The van der Waals surface area contributed by atoms with Gasteiger partial charge >= 0.3 is 187 Å². The predicted octanol–water partition coefficient (Wildman–Crippen LogP) is 8.55. The fourth-order valence-corrected chi connectivity index (χ4v) is 8.92. The standard InChI is InChI=1S/2C14H13.2ClH.Zr/c2*1-3-12-9-11(2)14(10-12)13-7-5-4-6-8-13;;;/h2*3-9H,1-2H3;2*1H;. The third kappa shape index (κ3) is 5.06. The zero-order valence-electron chi connectivity index (χ0n) is 18.4. The van der Waals surface area contributed by atoms with E-state index in [2.05, 4.69) is 113 Å². The zero-order chi connectivity index (χ0) is 20.4. The van der Waals surface area contributed by atoms with Crippen LogP contribution in [-0.2, 0) is 23.2 Å². The van der Waals surface area contributed by atoms with Crippen LogP contribution < -0.4 is 0 Å². The molecular weight excluding hydrogens is 498 g/mol. The topological polar surface area (TPSA) is 0 Å². The number of allylic oxidation sites excluding steroid dienone is 12. The van der Waals surface area contributed by atoms with Crippen molar-refractivity contribution in [3.63, 3.8) is 0 Å². The molecule has 0 fully saturated rings. The summed E-state index contributed by atoms with van der Waals surface area (Å²) in [6.07, 6.45) is 9.35. The van der Waals surface area contributed by atoms with Gasteiger partial charge in [-0.25, -0.2) is 0 Å². The van der Waals surface area contributed by atoms with Crippen molar-refractivity contribution in [1.29, 1.82) is 0 Å². The second-order valence-electron chi connectivity index (χ2n) is 7.50. The van der Waals surface area contributed by atoms with Crippen LogP contribution in [0.3, 0.4) is 0 Å². The Bertz CT molecular complexity index is 1040. The average molecular weight is 527 g/mol. The van der Waals surface area contributed by atoms with Crippen molar-refractivity contribution in [2.24, 2.45) is 0 Å². The van der Waals surface area contributed by atoms with Crippen LogP contribution in [0.4, 0.5) is 0 Å². The molecule has 31 heavy (non-hydrogen) atoms. The predicted molar refractivity (Wildman–Crippen MR) is 136 cm³/mol. The minimum Gasteiger partial charge on any atom is -0.147 e. The Hall–Kier alpha value is -1.66. The van der Waals surface area contributed by atoms with Crippen molar-refractivity contribution in [3.05, 3.63) is 125 Å². The summed E-state index contributed by atoms with van der Waals surface area (Å²) in [5.74, 6) is 0. The first kappa shape index (κ1) is 25.6.